The first-order valence-electron chi connectivity index (χ1n) is 20.0. The zero-order valence-corrected chi connectivity index (χ0v) is 35.6. The number of rotatable bonds is 7. The van der Waals surface area contributed by atoms with E-state index in [0.717, 1.165) is 4.90 Å². The zero-order chi connectivity index (χ0) is 43.9. The third kappa shape index (κ3) is 7.75. The molecule has 2 saturated carbocycles. The monoisotopic (exact) mass is 879 g/mol. The Morgan fingerprint density at radius 3 is 2.48 bits per heavy atom. The van der Waals surface area contributed by atoms with Gasteiger partial charge in [0.15, 0.2) is 0 Å². The van der Waals surface area contributed by atoms with Gasteiger partial charge in [-0.2, -0.15) is 18.2 Å². The van der Waals surface area contributed by atoms with Crippen molar-refractivity contribution in [3.8, 4) is 5.88 Å². The molecule has 4 amide bonds. The van der Waals surface area contributed by atoms with Crippen LogP contribution in [0.3, 0.4) is 0 Å². The summed E-state index contributed by atoms with van der Waals surface area (Å²) >= 11 is 6.40. The van der Waals surface area contributed by atoms with Crippen molar-refractivity contribution in [3.05, 3.63) is 47.3 Å². The molecule has 2 aromatic heterocycles. The van der Waals surface area contributed by atoms with Crippen LogP contribution in [0.15, 0.2) is 36.5 Å². The van der Waals surface area contributed by atoms with Crippen LogP contribution in [0.5, 0.6) is 5.88 Å². The van der Waals surface area contributed by atoms with E-state index in [1.165, 1.54) is 13.8 Å². The van der Waals surface area contributed by atoms with Crippen LogP contribution in [0.1, 0.15) is 85.3 Å². The van der Waals surface area contributed by atoms with Gasteiger partial charge in [-0.25, -0.2) is 18.2 Å². The summed E-state index contributed by atoms with van der Waals surface area (Å²) in [6.07, 6.45) is -1.27. The molecule has 60 heavy (non-hydrogen) atoms. The number of ether oxygens (including phenoxy) is 1. The van der Waals surface area contributed by atoms with Gasteiger partial charge in [0.05, 0.1) is 27.9 Å². The van der Waals surface area contributed by atoms with Crippen LogP contribution in [-0.2, 0) is 24.4 Å². The first-order valence-corrected chi connectivity index (χ1v) is 21.8. The number of fused-ring (bicyclic) bond motifs is 5. The fourth-order valence-corrected chi connectivity index (χ4v) is 10.1. The lowest BCUT2D eigenvalue weighted by molar-refractivity contribution is -0.222. The molecule has 3 N–H and O–H groups in total. The highest BCUT2D eigenvalue weighted by atomic mass is 35.5. The molecule has 4 heterocycles. The van der Waals surface area contributed by atoms with E-state index in [2.05, 4.69) is 20.0 Å². The number of hydrogen-bond acceptors (Lipinski definition) is 9. The van der Waals surface area contributed by atoms with Crippen LogP contribution in [0.2, 0.25) is 5.02 Å². The second-order valence-corrected chi connectivity index (χ2v) is 20.4. The molecule has 2 aliphatic carbocycles. The van der Waals surface area contributed by atoms with Crippen molar-refractivity contribution in [1.29, 1.82) is 0 Å². The van der Waals surface area contributed by atoms with Crippen molar-refractivity contribution in [2.75, 3.05) is 6.54 Å². The highest BCUT2D eigenvalue weighted by Crippen LogP contribution is 2.48. The number of benzene rings is 1. The van der Waals surface area contributed by atoms with E-state index >= 15 is 4.79 Å². The Kier molecular flexibility index (Phi) is 10.9. The van der Waals surface area contributed by atoms with Crippen molar-refractivity contribution >= 4 is 62.1 Å². The van der Waals surface area contributed by atoms with E-state index in [-0.39, 0.29) is 41.7 Å². The Morgan fingerprint density at radius 1 is 1.13 bits per heavy atom. The summed E-state index contributed by atoms with van der Waals surface area (Å²) in [7, 11) is -4.14. The van der Waals surface area contributed by atoms with Crippen molar-refractivity contribution in [1.82, 2.24) is 34.2 Å². The number of aryl methyl sites for hydroxylation is 1. The number of halogens is 4. The number of allylic oxidation sites excluding steroid dienone is 1. The van der Waals surface area contributed by atoms with E-state index in [0.29, 0.717) is 61.2 Å². The molecular formula is C40H49ClF3N7O8S. The number of carboxylic acid groups (broad SMARTS) is 1. The Hall–Kier alpha value is -4.65. The highest BCUT2D eigenvalue weighted by molar-refractivity contribution is 7.91. The Bertz CT molecular complexity index is 2400. The lowest BCUT2D eigenvalue weighted by Gasteiger charge is -2.45. The minimum absolute atomic E-state index is 0.0378. The highest BCUT2D eigenvalue weighted by Gasteiger charge is 2.64. The average Bonchev–Trinajstić information content (AvgIpc) is 3.96. The van der Waals surface area contributed by atoms with Gasteiger partial charge in [0.2, 0.25) is 33.5 Å². The summed E-state index contributed by atoms with van der Waals surface area (Å²) < 4.78 is 80.0. The summed E-state index contributed by atoms with van der Waals surface area (Å²) in [5.74, 6) is -4.40. The molecule has 15 nitrogen and oxygen atoms in total. The van der Waals surface area contributed by atoms with Gasteiger partial charge in [0.1, 0.15) is 29.3 Å². The van der Waals surface area contributed by atoms with Crippen LogP contribution in [0, 0.1) is 24.7 Å². The lowest BCUT2D eigenvalue weighted by atomic mass is 9.85. The topological polar surface area (TPSA) is 193 Å². The number of carbonyl (C=O) groups is 4. The van der Waals surface area contributed by atoms with Crippen molar-refractivity contribution < 1.29 is 50.6 Å². The minimum atomic E-state index is -5.11. The summed E-state index contributed by atoms with van der Waals surface area (Å²) in [6, 6.07) is 1.58. The second kappa shape index (κ2) is 15.1. The molecule has 3 fully saturated rings. The predicted molar refractivity (Wildman–Crippen MR) is 214 cm³/mol. The smallest absolute Gasteiger partial charge is 0.411 e. The molecule has 2 aliphatic heterocycles. The summed E-state index contributed by atoms with van der Waals surface area (Å²) in [6.45, 7) is 7.63. The fourth-order valence-electron chi connectivity index (χ4n) is 8.61. The quantitative estimate of drug-likeness (QED) is 0.246. The van der Waals surface area contributed by atoms with Crippen LogP contribution >= 0.6 is 11.6 Å². The normalized spacial score (nSPS) is 29.1. The number of imidazole rings is 1. The molecule has 0 bridgehead atoms. The van der Waals surface area contributed by atoms with Crippen LogP contribution < -0.4 is 14.8 Å². The first kappa shape index (κ1) is 43.4. The average molecular weight is 880 g/mol. The van der Waals surface area contributed by atoms with E-state index in [1.54, 1.807) is 47.9 Å². The van der Waals surface area contributed by atoms with E-state index < -0.39 is 92.4 Å². The van der Waals surface area contributed by atoms with Gasteiger partial charge in [-0.3, -0.25) is 28.4 Å². The third-order valence-electron chi connectivity index (χ3n) is 12.7. The van der Waals surface area contributed by atoms with Gasteiger partial charge >= 0.3 is 12.3 Å². The molecule has 326 valence electrons. The van der Waals surface area contributed by atoms with Crippen LogP contribution in [0.25, 0.3) is 16.7 Å². The van der Waals surface area contributed by atoms with Crippen LogP contribution in [0.4, 0.5) is 18.0 Å². The molecule has 4 aliphatic rings. The molecule has 3 aromatic rings. The SMILES string of the molecule is Cc1cn2c(n1)nc(O[C@@H]1C[C@H]3C(=O)N[C@]4(C(=O)NS(=O)(=O)C5(C)CC5)C[C@H]4/C=C\CC[C@@H](C)C[C@@H](C)[C@H](N(C(=O)O)C(C)(C)C(F)(F)F)C(=O)N3C1)c1cc(Cl)ccc12. The summed E-state index contributed by atoms with van der Waals surface area (Å²) in [5, 5.41) is 14.0. The molecule has 0 spiro atoms. The predicted octanol–water partition coefficient (Wildman–Crippen LogP) is 5.77. The van der Waals surface area contributed by atoms with Crippen LogP contribution in [-0.4, -0.2) is 108 Å². The number of hydrogen-bond donors (Lipinski definition) is 3. The fraction of sp³-hybridized carbons (Fsp3) is 0.600. The van der Waals surface area contributed by atoms with Crippen molar-refractivity contribution in [3.63, 3.8) is 0 Å². The number of amides is 4. The zero-order valence-electron chi connectivity index (χ0n) is 34.0. The number of nitrogens with one attached hydrogen (secondary N) is 2. The molecule has 7 atom stereocenters. The molecule has 0 radical (unpaired) electrons. The van der Waals surface area contributed by atoms with E-state index in [1.807, 2.05) is 6.92 Å². The Labute approximate surface area is 350 Å². The van der Waals surface area contributed by atoms with Crippen molar-refractivity contribution in [2.24, 2.45) is 17.8 Å². The largest absolute Gasteiger partial charge is 0.472 e. The maximum atomic E-state index is 15.1. The minimum Gasteiger partial charge on any atom is -0.472 e. The van der Waals surface area contributed by atoms with E-state index in [4.69, 9.17) is 16.3 Å². The van der Waals surface area contributed by atoms with Gasteiger partial charge in [-0.05, 0) is 96.3 Å². The second-order valence-electron chi connectivity index (χ2n) is 17.7. The maximum absolute atomic E-state index is 15.1. The maximum Gasteiger partial charge on any atom is 0.411 e. The number of sulfonamides is 1. The third-order valence-corrected chi connectivity index (χ3v) is 15.1. The van der Waals surface area contributed by atoms with Gasteiger partial charge in [-0.1, -0.05) is 37.6 Å². The van der Waals surface area contributed by atoms with Gasteiger partial charge in [-0.15, -0.1) is 0 Å². The van der Waals surface area contributed by atoms with Gasteiger partial charge in [0.25, 0.3) is 5.91 Å². The first-order chi connectivity index (χ1) is 27.9. The molecule has 1 aromatic carbocycles. The Balaban J connectivity index is 1.32. The molecule has 0 unspecified atom stereocenters. The Morgan fingerprint density at radius 2 is 1.83 bits per heavy atom. The number of carbonyl (C=O) groups excluding carboxylic acids is 3. The number of nitrogens with zero attached hydrogens (tertiary/aromatic N) is 5. The van der Waals surface area contributed by atoms with Crippen molar-refractivity contribution in [2.45, 2.75) is 127 Å². The lowest BCUT2D eigenvalue weighted by Crippen LogP contribution is -2.66. The number of alkyl halides is 3. The van der Waals surface area contributed by atoms with E-state index in [9.17, 15) is 41.1 Å². The number of aromatic nitrogens is 3. The van der Waals surface area contributed by atoms with Gasteiger partial charge < -0.3 is 20.1 Å². The summed E-state index contributed by atoms with van der Waals surface area (Å²) in [4.78, 5) is 66.9. The molecule has 1 saturated heterocycles. The molecule has 20 heteroatoms. The summed E-state index contributed by atoms with van der Waals surface area (Å²) in [5.41, 5.74) is -3.52. The molecule has 7 rings (SSSR count). The molecular weight excluding hydrogens is 831 g/mol. The van der Waals surface area contributed by atoms with Gasteiger partial charge in [0, 0.05) is 23.6 Å². The standard InChI is InChI=1S/C40H49ClF3N7O8S/c1-21-9-7-8-10-24-18-39(24,34(54)48-60(57,58)38(6)13-14-38)47-31(52)29-17-26(59-32-27-16-25(41)11-12-28(27)50-19-23(3)45-35(50)46-32)20-49(29)33(53)30(22(2)15-21)51(36(55)56)37(4,5)40(42,43)44/h8,10-12,16,19,21-22,24,26,29-30H,7,9,13-15,17-18,20H2,1-6H3,(H,47,52)(H,48,54)(H,55,56)/b10-8-/t21-,22-,24-,26-,29+,30+,39-/m1/s1.